The molecule has 0 radical (unpaired) electrons. The molecule has 0 bridgehead atoms. The molecule has 0 amide bonds. The van der Waals surface area contributed by atoms with Gasteiger partial charge in [0.2, 0.25) is 0 Å². The quantitative estimate of drug-likeness (QED) is 0.874. The molecule has 3 rings (SSSR count). The van der Waals surface area contributed by atoms with Gasteiger partial charge in [-0.3, -0.25) is 4.79 Å². The van der Waals surface area contributed by atoms with Crippen LogP contribution in [0.1, 0.15) is 38.5 Å². The summed E-state index contributed by atoms with van der Waals surface area (Å²) < 4.78 is 2.20. The zero-order chi connectivity index (χ0) is 13.2. The average Bonchev–Trinajstić information content (AvgIpc) is 3.15. The minimum atomic E-state index is -0.0134. The Morgan fingerprint density at radius 3 is 2.74 bits per heavy atom. The molecule has 0 saturated heterocycles. The Morgan fingerprint density at radius 1 is 1.32 bits per heavy atom. The van der Waals surface area contributed by atoms with Crippen LogP contribution in [0, 0.1) is 11.8 Å². The summed E-state index contributed by atoms with van der Waals surface area (Å²) in [5.41, 5.74) is 0.817. The van der Waals surface area contributed by atoms with Crippen molar-refractivity contribution < 1.29 is 0 Å². The Balaban J connectivity index is 1.60. The molecule has 2 saturated carbocycles. The molecular weight excluding hydrogens is 306 g/mol. The second-order valence-corrected chi connectivity index (χ2v) is 6.61. The highest BCUT2D eigenvalue weighted by Gasteiger charge is 2.23. The van der Waals surface area contributed by atoms with Crippen molar-refractivity contribution in [3.63, 3.8) is 0 Å². The van der Waals surface area contributed by atoms with E-state index < -0.39 is 0 Å². The van der Waals surface area contributed by atoms with Crippen LogP contribution in [-0.2, 0) is 6.54 Å². The third-order valence-electron chi connectivity index (χ3n) is 4.21. The molecule has 0 spiro atoms. The molecule has 19 heavy (non-hydrogen) atoms. The fourth-order valence-corrected chi connectivity index (χ4v) is 2.90. The van der Waals surface area contributed by atoms with Crippen LogP contribution in [0.3, 0.4) is 0 Å². The molecule has 1 aromatic rings. The van der Waals surface area contributed by atoms with Gasteiger partial charge in [-0.1, -0.05) is 19.3 Å². The lowest BCUT2D eigenvalue weighted by Gasteiger charge is -2.25. The fraction of sp³-hybridized carbons (Fsp3) is 0.714. The summed E-state index contributed by atoms with van der Waals surface area (Å²) in [5, 5.41) is 7.59. The monoisotopic (exact) mass is 325 g/mol. The first-order chi connectivity index (χ1) is 9.24. The predicted octanol–water partition coefficient (Wildman–Crippen LogP) is 3.02. The second-order valence-electron chi connectivity index (χ2n) is 5.82. The molecule has 2 aliphatic rings. The minimum absolute atomic E-state index is 0.0134. The molecule has 104 valence electrons. The SMILES string of the molecule is O=c1c(Br)c(NCCC2CCC2)cnn1CC1CC1. The maximum absolute atomic E-state index is 12.1. The third kappa shape index (κ3) is 3.19. The van der Waals surface area contributed by atoms with E-state index in [-0.39, 0.29) is 5.56 Å². The van der Waals surface area contributed by atoms with Crippen molar-refractivity contribution in [2.75, 3.05) is 11.9 Å². The Hall–Kier alpha value is -0.840. The second kappa shape index (κ2) is 5.65. The molecule has 0 unspecified atom stereocenters. The smallest absolute Gasteiger partial charge is 0.283 e. The fourth-order valence-electron chi connectivity index (χ4n) is 2.46. The molecule has 5 heteroatoms. The number of halogens is 1. The minimum Gasteiger partial charge on any atom is -0.383 e. The highest BCUT2D eigenvalue weighted by molar-refractivity contribution is 9.10. The summed E-state index contributed by atoms with van der Waals surface area (Å²) in [5.74, 6) is 1.55. The molecule has 1 N–H and O–H groups in total. The molecule has 2 aliphatic carbocycles. The zero-order valence-electron chi connectivity index (χ0n) is 11.1. The van der Waals surface area contributed by atoms with Crippen LogP contribution in [-0.4, -0.2) is 16.3 Å². The van der Waals surface area contributed by atoms with Gasteiger partial charge < -0.3 is 5.32 Å². The van der Waals surface area contributed by atoms with Crippen molar-refractivity contribution >= 4 is 21.6 Å². The normalized spacial score (nSPS) is 19.2. The van der Waals surface area contributed by atoms with Crippen molar-refractivity contribution in [2.45, 2.75) is 45.1 Å². The molecule has 1 aromatic heterocycles. The van der Waals surface area contributed by atoms with Crippen molar-refractivity contribution in [3.05, 3.63) is 21.0 Å². The lowest BCUT2D eigenvalue weighted by molar-refractivity contribution is 0.303. The van der Waals surface area contributed by atoms with Crippen LogP contribution in [0.15, 0.2) is 15.5 Å². The van der Waals surface area contributed by atoms with E-state index >= 15 is 0 Å². The first-order valence-electron chi connectivity index (χ1n) is 7.23. The number of nitrogens with one attached hydrogen (secondary N) is 1. The van der Waals surface area contributed by atoms with E-state index in [1.807, 2.05) is 0 Å². The zero-order valence-corrected chi connectivity index (χ0v) is 12.7. The lowest BCUT2D eigenvalue weighted by atomic mass is 9.83. The highest BCUT2D eigenvalue weighted by Crippen LogP contribution is 2.30. The molecule has 0 aliphatic heterocycles. The van der Waals surface area contributed by atoms with Gasteiger partial charge in [0.15, 0.2) is 0 Å². The van der Waals surface area contributed by atoms with Gasteiger partial charge in [-0.05, 0) is 47.0 Å². The van der Waals surface area contributed by atoms with Crippen LogP contribution in [0.5, 0.6) is 0 Å². The van der Waals surface area contributed by atoms with Crippen molar-refractivity contribution in [2.24, 2.45) is 11.8 Å². The van der Waals surface area contributed by atoms with Crippen LogP contribution < -0.4 is 10.9 Å². The van der Waals surface area contributed by atoms with Gasteiger partial charge >= 0.3 is 0 Å². The van der Waals surface area contributed by atoms with Crippen LogP contribution in [0.25, 0.3) is 0 Å². The van der Waals surface area contributed by atoms with Gasteiger partial charge in [0, 0.05) is 13.1 Å². The molecule has 4 nitrogen and oxygen atoms in total. The Kier molecular flexibility index (Phi) is 3.91. The third-order valence-corrected chi connectivity index (χ3v) is 4.97. The molecule has 0 atom stereocenters. The molecular formula is C14H20BrN3O. The van der Waals surface area contributed by atoms with E-state index in [4.69, 9.17) is 0 Å². The Bertz CT molecular complexity index is 506. The van der Waals surface area contributed by atoms with E-state index in [0.29, 0.717) is 10.4 Å². The first-order valence-corrected chi connectivity index (χ1v) is 8.03. The summed E-state index contributed by atoms with van der Waals surface area (Å²) in [4.78, 5) is 12.1. The number of anilines is 1. The maximum Gasteiger partial charge on any atom is 0.283 e. The van der Waals surface area contributed by atoms with E-state index in [1.54, 1.807) is 10.9 Å². The summed E-state index contributed by atoms with van der Waals surface area (Å²) in [6.07, 6.45) is 9.54. The van der Waals surface area contributed by atoms with E-state index in [9.17, 15) is 4.79 Å². The average molecular weight is 326 g/mol. The van der Waals surface area contributed by atoms with Crippen LogP contribution in [0.2, 0.25) is 0 Å². The van der Waals surface area contributed by atoms with Crippen molar-refractivity contribution in [1.29, 1.82) is 0 Å². The van der Waals surface area contributed by atoms with Gasteiger partial charge in [-0.25, -0.2) is 4.68 Å². The van der Waals surface area contributed by atoms with Crippen molar-refractivity contribution in [1.82, 2.24) is 9.78 Å². The topological polar surface area (TPSA) is 46.9 Å². The maximum atomic E-state index is 12.1. The molecule has 1 heterocycles. The van der Waals surface area contributed by atoms with Crippen molar-refractivity contribution in [3.8, 4) is 0 Å². The number of hydrogen-bond acceptors (Lipinski definition) is 3. The van der Waals surface area contributed by atoms with Gasteiger partial charge in [0.1, 0.15) is 4.47 Å². The number of rotatable bonds is 6. The predicted molar refractivity (Wildman–Crippen MR) is 79.4 cm³/mol. The Labute approximate surface area is 121 Å². The summed E-state index contributed by atoms with van der Waals surface area (Å²) in [7, 11) is 0. The summed E-state index contributed by atoms with van der Waals surface area (Å²) >= 11 is 3.40. The summed E-state index contributed by atoms with van der Waals surface area (Å²) in [6.45, 7) is 1.69. The first kappa shape index (κ1) is 13.2. The van der Waals surface area contributed by atoms with E-state index in [2.05, 4.69) is 26.3 Å². The van der Waals surface area contributed by atoms with Gasteiger partial charge in [-0.15, -0.1) is 0 Å². The lowest BCUT2D eigenvalue weighted by Crippen LogP contribution is -2.25. The highest BCUT2D eigenvalue weighted by atomic mass is 79.9. The Morgan fingerprint density at radius 2 is 2.11 bits per heavy atom. The van der Waals surface area contributed by atoms with Gasteiger partial charge in [0.25, 0.3) is 5.56 Å². The largest absolute Gasteiger partial charge is 0.383 e. The van der Waals surface area contributed by atoms with E-state index in [0.717, 1.165) is 24.7 Å². The number of nitrogens with zero attached hydrogens (tertiary/aromatic N) is 2. The molecule has 2 fully saturated rings. The van der Waals surface area contributed by atoms with Gasteiger partial charge in [0.05, 0.1) is 11.9 Å². The number of hydrogen-bond donors (Lipinski definition) is 1. The number of aromatic nitrogens is 2. The van der Waals surface area contributed by atoms with E-state index in [1.165, 1.54) is 38.5 Å². The van der Waals surface area contributed by atoms with Gasteiger partial charge in [-0.2, -0.15) is 5.10 Å². The standard InChI is InChI=1S/C14H20BrN3O/c15-13-12(16-7-6-10-2-1-3-10)8-17-18(14(13)19)9-11-4-5-11/h8,10-11,16H,1-7,9H2. The molecule has 0 aromatic carbocycles. The van der Waals surface area contributed by atoms with Crippen LogP contribution in [0.4, 0.5) is 5.69 Å². The summed E-state index contributed by atoms with van der Waals surface area (Å²) in [6, 6.07) is 0. The van der Waals surface area contributed by atoms with Crippen LogP contribution >= 0.6 is 15.9 Å².